The lowest BCUT2D eigenvalue weighted by Gasteiger charge is -1.87. The van der Waals surface area contributed by atoms with Crippen LogP contribution in [0.25, 0.3) is 0 Å². The number of hydrogen-bond acceptors (Lipinski definition) is 2. The van der Waals surface area contributed by atoms with Gasteiger partial charge in [-0.15, -0.1) is 0 Å². The number of carboxylic acid groups (broad SMARTS) is 1. The molecule has 1 N–H and O–H groups in total. The van der Waals surface area contributed by atoms with E-state index >= 15 is 0 Å². The highest BCUT2D eigenvalue weighted by molar-refractivity contribution is 5.86. The molecule has 0 saturated carbocycles. The van der Waals surface area contributed by atoms with Gasteiger partial charge in [0.15, 0.2) is 0 Å². The molecular formula is C7H8FNO2. The van der Waals surface area contributed by atoms with Gasteiger partial charge in [-0.3, -0.25) is 9.37 Å². The molecule has 4 heteroatoms. The summed E-state index contributed by atoms with van der Waals surface area (Å²) in [5.41, 5.74) is 0.220. The van der Waals surface area contributed by atoms with Gasteiger partial charge in [0, 0.05) is 12.4 Å². The van der Waals surface area contributed by atoms with Gasteiger partial charge in [-0.1, -0.05) is 0 Å². The van der Waals surface area contributed by atoms with Crippen LogP contribution in [-0.2, 0) is 0 Å². The average molecular weight is 157 g/mol. The molecule has 0 atom stereocenters. The Bertz CT molecular complexity index is 213. The van der Waals surface area contributed by atoms with E-state index in [1.54, 1.807) is 6.07 Å². The third-order valence-corrected chi connectivity index (χ3v) is 0.908. The van der Waals surface area contributed by atoms with Crippen molar-refractivity contribution in [3.05, 3.63) is 30.1 Å². The molecule has 0 amide bonds. The second-order valence-electron chi connectivity index (χ2n) is 1.55. The maximum atomic E-state index is 10.2. The van der Waals surface area contributed by atoms with Crippen LogP contribution < -0.4 is 0 Å². The van der Waals surface area contributed by atoms with Gasteiger partial charge in [-0.25, -0.2) is 4.79 Å². The Hall–Kier alpha value is -1.45. The number of carboxylic acids is 1. The molecule has 0 spiro atoms. The molecule has 0 aromatic carbocycles. The van der Waals surface area contributed by atoms with Gasteiger partial charge in [0.2, 0.25) is 0 Å². The van der Waals surface area contributed by atoms with Gasteiger partial charge >= 0.3 is 5.97 Å². The molecule has 0 bridgehead atoms. The molecule has 11 heavy (non-hydrogen) atoms. The summed E-state index contributed by atoms with van der Waals surface area (Å²) in [5, 5.41) is 8.34. The van der Waals surface area contributed by atoms with Gasteiger partial charge in [-0.05, 0) is 12.1 Å². The molecule has 60 valence electrons. The fourth-order valence-electron chi connectivity index (χ4n) is 0.489. The third-order valence-electron chi connectivity index (χ3n) is 0.908. The average Bonchev–Trinajstić information content (AvgIpc) is 2.10. The van der Waals surface area contributed by atoms with E-state index in [4.69, 9.17) is 5.11 Å². The maximum Gasteiger partial charge on any atom is 0.337 e. The largest absolute Gasteiger partial charge is 0.478 e. The third kappa shape index (κ3) is 3.30. The number of alkyl halides is 1. The number of nitrogens with zero attached hydrogens (tertiary/aromatic N) is 1. The van der Waals surface area contributed by atoms with Crippen molar-refractivity contribution in [1.29, 1.82) is 0 Å². The normalized spacial score (nSPS) is 7.82. The molecule has 0 saturated heterocycles. The van der Waals surface area contributed by atoms with Crippen molar-refractivity contribution in [2.24, 2.45) is 0 Å². The van der Waals surface area contributed by atoms with E-state index in [0.717, 1.165) is 0 Å². The first-order valence-electron chi connectivity index (χ1n) is 2.82. The van der Waals surface area contributed by atoms with Gasteiger partial charge in [-0.2, -0.15) is 0 Å². The zero-order valence-electron chi connectivity index (χ0n) is 5.99. The van der Waals surface area contributed by atoms with E-state index < -0.39 is 5.97 Å². The van der Waals surface area contributed by atoms with Crippen LogP contribution in [0, 0.1) is 0 Å². The van der Waals surface area contributed by atoms with Gasteiger partial charge in [0.1, 0.15) is 0 Å². The van der Waals surface area contributed by atoms with Crippen molar-refractivity contribution in [3.63, 3.8) is 0 Å². The van der Waals surface area contributed by atoms with Crippen molar-refractivity contribution in [1.82, 2.24) is 4.98 Å². The van der Waals surface area contributed by atoms with Crippen LogP contribution in [0.15, 0.2) is 24.5 Å². The molecule has 0 fully saturated rings. The first-order valence-corrected chi connectivity index (χ1v) is 2.82. The second kappa shape index (κ2) is 5.34. The minimum atomic E-state index is -0.942. The number of hydrogen-bond donors (Lipinski definition) is 1. The van der Waals surface area contributed by atoms with Crippen LogP contribution in [0.4, 0.5) is 4.39 Å². The Balaban J connectivity index is 0.000000461. The van der Waals surface area contributed by atoms with Crippen molar-refractivity contribution in [2.45, 2.75) is 0 Å². The van der Waals surface area contributed by atoms with Crippen molar-refractivity contribution >= 4 is 5.97 Å². The lowest BCUT2D eigenvalue weighted by Crippen LogP contribution is -1.94. The fourth-order valence-corrected chi connectivity index (χ4v) is 0.489. The predicted molar refractivity (Wildman–Crippen MR) is 38.2 cm³/mol. The molecular weight excluding hydrogens is 149 g/mol. The van der Waals surface area contributed by atoms with Gasteiger partial charge in [0.25, 0.3) is 0 Å². The van der Waals surface area contributed by atoms with E-state index in [1.807, 2.05) is 0 Å². The van der Waals surface area contributed by atoms with E-state index in [-0.39, 0.29) is 5.56 Å². The fraction of sp³-hybridized carbons (Fsp3) is 0.143. The molecule has 1 heterocycles. The molecule has 1 aromatic heterocycles. The minimum absolute atomic E-state index is 0.220. The first kappa shape index (κ1) is 9.55. The summed E-state index contributed by atoms with van der Waals surface area (Å²) in [5.74, 6) is -0.942. The highest BCUT2D eigenvalue weighted by Crippen LogP contribution is 1.92. The number of carbonyl (C=O) groups is 1. The Labute approximate surface area is 63.5 Å². The van der Waals surface area contributed by atoms with E-state index in [2.05, 4.69) is 4.98 Å². The van der Waals surface area contributed by atoms with Crippen molar-refractivity contribution in [2.75, 3.05) is 7.18 Å². The smallest absolute Gasteiger partial charge is 0.337 e. The van der Waals surface area contributed by atoms with Crippen LogP contribution >= 0.6 is 0 Å². The molecule has 0 aliphatic rings. The Kier molecular flexibility index (Phi) is 4.64. The van der Waals surface area contributed by atoms with E-state index in [9.17, 15) is 9.18 Å². The van der Waals surface area contributed by atoms with Crippen LogP contribution in [0.5, 0.6) is 0 Å². The number of aromatic carboxylic acids is 1. The van der Waals surface area contributed by atoms with Crippen LogP contribution in [0.2, 0.25) is 0 Å². The van der Waals surface area contributed by atoms with Crippen LogP contribution in [0.1, 0.15) is 10.4 Å². The molecule has 1 aromatic rings. The first-order chi connectivity index (χ1) is 5.30. The summed E-state index contributed by atoms with van der Waals surface area (Å²) < 4.78 is 9.50. The Morgan fingerprint density at radius 3 is 2.55 bits per heavy atom. The molecule has 1 rings (SSSR count). The second-order valence-corrected chi connectivity index (χ2v) is 1.55. The predicted octanol–water partition coefficient (Wildman–Crippen LogP) is 1.37. The van der Waals surface area contributed by atoms with Crippen LogP contribution in [0.3, 0.4) is 0 Å². The summed E-state index contributed by atoms with van der Waals surface area (Å²) in [7, 11) is 0.500. The monoisotopic (exact) mass is 157 g/mol. The Morgan fingerprint density at radius 2 is 2.27 bits per heavy atom. The topological polar surface area (TPSA) is 50.2 Å². The van der Waals surface area contributed by atoms with E-state index in [1.165, 1.54) is 18.5 Å². The zero-order chi connectivity index (χ0) is 8.69. The van der Waals surface area contributed by atoms with Crippen molar-refractivity contribution < 1.29 is 14.3 Å². The summed E-state index contributed by atoms with van der Waals surface area (Å²) in [6.45, 7) is 0. The number of halogens is 1. The number of pyridine rings is 1. The molecule has 0 unspecified atom stereocenters. The summed E-state index contributed by atoms with van der Waals surface area (Å²) in [6.07, 6.45) is 2.84. The van der Waals surface area contributed by atoms with Crippen LogP contribution in [-0.4, -0.2) is 23.2 Å². The SMILES string of the molecule is CF.O=C(O)c1cccnc1. The molecule has 0 aliphatic heterocycles. The number of rotatable bonds is 1. The van der Waals surface area contributed by atoms with Crippen molar-refractivity contribution in [3.8, 4) is 0 Å². The Morgan fingerprint density at radius 1 is 1.64 bits per heavy atom. The standard InChI is InChI=1S/C6H5NO2.CH3F/c8-6(9)5-2-1-3-7-4-5;1-2/h1-4H,(H,8,9);1H3. The molecule has 0 aliphatic carbocycles. The van der Waals surface area contributed by atoms with Gasteiger partial charge in [0.05, 0.1) is 12.7 Å². The molecule has 0 radical (unpaired) electrons. The zero-order valence-corrected chi connectivity index (χ0v) is 5.99. The summed E-state index contributed by atoms with van der Waals surface area (Å²) in [4.78, 5) is 13.8. The highest BCUT2D eigenvalue weighted by atomic mass is 19.1. The highest BCUT2D eigenvalue weighted by Gasteiger charge is 1.97. The van der Waals surface area contributed by atoms with E-state index in [0.29, 0.717) is 7.18 Å². The maximum absolute atomic E-state index is 10.2. The quantitative estimate of drug-likeness (QED) is 0.669. The lowest BCUT2D eigenvalue weighted by molar-refractivity contribution is 0.0696. The summed E-state index contributed by atoms with van der Waals surface area (Å²) >= 11 is 0. The number of aromatic nitrogens is 1. The van der Waals surface area contributed by atoms with Gasteiger partial charge < -0.3 is 5.11 Å². The minimum Gasteiger partial charge on any atom is -0.478 e. The summed E-state index contributed by atoms with van der Waals surface area (Å²) in [6, 6.07) is 3.08. The lowest BCUT2D eigenvalue weighted by atomic mass is 10.3. The molecule has 3 nitrogen and oxygen atoms in total.